The number of hydrogen-bond donors (Lipinski definition) is 1. The van der Waals surface area contributed by atoms with Gasteiger partial charge in [-0.05, 0) is 67.1 Å². The zero-order valence-electron chi connectivity index (χ0n) is 38.9. The molecule has 6 atom stereocenters. The molecule has 1 amide bonds. The van der Waals surface area contributed by atoms with Crippen LogP contribution >= 0.6 is 46.6 Å². The van der Waals surface area contributed by atoms with Crippen molar-refractivity contribution in [3.63, 3.8) is 0 Å². The lowest BCUT2D eigenvalue weighted by molar-refractivity contribution is -0.150. The molecule has 0 saturated carbocycles. The molecule has 0 aromatic heterocycles. The van der Waals surface area contributed by atoms with Crippen LogP contribution in [0.4, 0.5) is 4.79 Å². The Labute approximate surface area is 420 Å². The fourth-order valence-corrected chi connectivity index (χ4v) is 12.4. The summed E-state index contributed by atoms with van der Waals surface area (Å²) in [5.74, 6) is 2.80. The molecule has 0 radical (unpaired) electrons. The van der Waals surface area contributed by atoms with E-state index in [9.17, 15) is 14.9 Å². The van der Waals surface area contributed by atoms with Gasteiger partial charge in [0.15, 0.2) is 29.8 Å². The predicted octanol–water partition coefficient (Wildman–Crippen LogP) is 8.91. The van der Waals surface area contributed by atoms with Gasteiger partial charge >= 0.3 is 12.1 Å². The standard InChI is InChI=1S/C51H53Cl3N4O10S/c1-7-16-63-45-28(3)46-48(68-26-67-46)42-34(45)19-38-43-41-29(17-27(2)44(62-6)47(41)66-25-61-5)18-37(57(43)4)39(20-55)58(38)40(42)21-64-49(59)36(56-50(60)65-24-51(52,53)54)23-69-22-35-32-14-10-8-12-30(32)31-13-9-11-15-33(31)35/h7-15,17,35-40,43H,1,16,18-19,21-26H2,2-6H3,(H,56,60)/t36-,37+,38?,39+,40+,43-/m1/s1. The number of alkyl carbamates (subject to hydrolysis) is 1. The Hall–Kier alpha value is -5.05. The van der Waals surface area contributed by atoms with E-state index < -0.39 is 46.6 Å². The van der Waals surface area contributed by atoms with Crippen molar-refractivity contribution >= 4 is 58.6 Å². The molecule has 4 aliphatic heterocycles. The molecule has 4 aromatic rings. The first-order valence-electron chi connectivity index (χ1n) is 22.6. The number of hydrogen-bond acceptors (Lipinski definition) is 14. The van der Waals surface area contributed by atoms with Gasteiger partial charge in [-0.3, -0.25) is 9.80 Å². The molecular formula is C51H53Cl3N4O10S. The molecule has 2 bridgehead atoms. The summed E-state index contributed by atoms with van der Waals surface area (Å²) in [6.45, 7) is 7.17. The van der Waals surface area contributed by atoms with Gasteiger partial charge in [-0.15, -0.1) is 0 Å². The van der Waals surface area contributed by atoms with Crippen LogP contribution in [0.5, 0.6) is 28.7 Å². The number of thioether (sulfide) groups is 1. The zero-order valence-corrected chi connectivity index (χ0v) is 41.9. The molecule has 4 heterocycles. The third-order valence-corrected chi connectivity index (χ3v) is 15.2. The van der Waals surface area contributed by atoms with E-state index in [2.05, 4.69) is 58.1 Å². The minimum atomic E-state index is -1.88. The number of nitriles is 1. The molecular weight excluding hydrogens is 967 g/mol. The van der Waals surface area contributed by atoms with Crippen molar-refractivity contribution in [1.29, 1.82) is 5.26 Å². The maximum Gasteiger partial charge on any atom is 0.408 e. The van der Waals surface area contributed by atoms with Crippen LogP contribution in [0.15, 0.2) is 67.3 Å². The largest absolute Gasteiger partial charge is 0.493 e. The Morgan fingerprint density at radius 2 is 1.68 bits per heavy atom. The quantitative estimate of drug-likeness (QED) is 0.0493. The maximum absolute atomic E-state index is 14.7. The molecule has 1 N–H and O–H groups in total. The lowest BCUT2D eigenvalue weighted by Crippen LogP contribution is -2.68. The van der Waals surface area contributed by atoms with Gasteiger partial charge < -0.3 is 43.2 Å². The number of fused-ring (bicyclic) bond motifs is 12. The first kappa shape index (κ1) is 49.0. The number of carbonyl (C=O) groups excluding carboxylic acids is 2. The summed E-state index contributed by atoms with van der Waals surface area (Å²) < 4.78 is 46.5. The molecule has 1 unspecified atom stereocenters. The monoisotopic (exact) mass is 1020 g/mol. The molecule has 18 heteroatoms. The Morgan fingerprint density at radius 3 is 2.35 bits per heavy atom. The summed E-state index contributed by atoms with van der Waals surface area (Å²) in [7, 11) is 5.22. The third-order valence-electron chi connectivity index (χ3n) is 13.8. The molecule has 4 aromatic carbocycles. The number of rotatable bonds is 16. The Morgan fingerprint density at radius 1 is 0.971 bits per heavy atom. The number of halogens is 3. The number of alkyl halides is 3. The van der Waals surface area contributed by atoms with Crippen LogP contribution in [0.3, 0.4) is 0 Å². The van der Waals surface area contributed by atoms with E-state index >= 15 is 0 Å². The van der Waals surface area contributed by atoms with E-state index in [4.69, 9.17) is 72.7 Å². The number of likely N-dealkylation sites (N-methyl/N-ethyl adjacent to an activating group) is 1. The van der Waals surface area contributed by atoms with Crippen LogP contribution in [0, 0.1) is 25.2 Å². The molecule has 1 aliphatic carbocycles. The smallest absolute Gasteiger partial charge is 0.408 e. The second-order valence-corrected chi connectivity index (χ2v) is 21.3. The summed E-state index contributed by atoms with van der Waals surface area (Å²) in [6.07, 6.45) is 1.64. The van der Waals surface area contributed by atoms with Gasteiger partial charge in [-0.25, -0.2) is 9.59 Å². The van der Waals surface area contributed by atoms with Crippen LogP contribution in [0.1, 0.15) is 62.5 Å². The molecule has 1 fully saturated rings. The maximum atomic E-state index is 14.7. The minimum absolute atomic E-state index is 0.0162. The van der Waals surface area contributed by atoms with Crippen LogP contribution < -0.4 is 29.0 Å². The number of nitrogens with zero attached hydrogens (tertiary/aromatic N) is 3. The average Bonchev–Trinajstić information content (AvgIpc) is 3.95. The average molecular weight is 1020 g/mol. The Balaban J connectivity index is 1.09. The topological polar surface area (TPSA) is 150 Å². The van der Waals surface area contributed by atoms with Crippen molar-refractivity contribution in [1.82, 2.24) is 15.1 Å². The summed E-state index contributed by atoms with van der Waals surface area (Å²) >= 11 is 19.3. The van der Waals surface area contributed by atoms with Crippen LogP contribution in [0.2, 0.25) is 0 Å². The summed E-state index contributed by atoms with van der Waals surface area (Å²) in [5, 5.41) is 14.0. The highest BCUT2D eigenvalue weighted by Crippen LogP contribution is 2.59. The van der Waals surface area contributed by atoms with E-state index in [1.807, 2.05) is 45.2 Å². The highest BCUT2D eigenvalue weighted by molar-refractivity contribution is 7.99. The van der Waals surface area contributed by atoms with E-state index in [1.54, 1.807) is 20.3 Å². The third kappa shape index (κ3) is 9.14. The Bertz CT molecular complexity index is 2650. The number of aryl methyl sites for hydroxylation is 1. The van der Waals surface area contributed by atoms with Gasteiger partial charge in [0, 0.05) is 58.9 Å². The van der Waals surface area contributed by atoms with Crippen LogP contribution in [0.25, 0.3) is 11.1 Å². The van der Waals surface area contributed by atoms with Gasteiger partial charge in [0.25, 0.3) is 0 Å². The number of ether oxygens (including phenoxy) is 8. The predicted molar refractivity (Wildman–Crippen MR) is 263 cm³/mol. The van der Waals surface area contributed by atoms with E-state index in [-0.39, 0.29) is 50.6 Å². The highest BCUT2D eigenvalue weighted by atomic mass is 35.6. The van der Waals surface area contributed by atoms with Crippen molar-refractivity contribution in [3.8, 4) is 45.9 Å². The van der Waals surface area contributed by atoms with Crippen LogP contribution in [-0.2, 0) is 31.8 Å². The molecule has 1 saturated heterocycles. The van der Waals surface area contributed by atoms with Gasteiger partial charge in [0.1, 0.15) is 37.7 Å². The van der Waals surface area contributed by atoms with Crippen LogP contribution in [-0.4, -0.2) is 116 Å². The summed E-state index contributed by atoms with van der Waals surface area (Å²) in [5.41, 5.74) is 9.85. The molecule has 69 heavy (non-hydrogen) atoms. The lowest BCUT2D eigenvalue weighted by atomic mass is 9.71. The SMILES string of the molecule is C=CCOc1c(C)c2c(c3c1CC1[C@@H]4c5c(cc(C)c(OC)c5OCOC)C[C@@H]([C@H](C#N)N1[C@H]3COC(=O)[C@@H](CSCC1c3ccccc3-c3ccccc31)NC(=O)OCC(Cl)(Cl)Cl)N4C)OCO2. The van der Waals surface area contributed by atoms with Gasteiger partial charge in [0.05, 0.1) is 25.3 Å². The van der Waals surface area contributed by atoms with Gasteiger partial charge in [-0.1, -0.05) is 102 Å². The molecule has 14 nitrogen and oxygen atoms in total. The van der Waals surface area contributed by atoms with Crippen molar-refractivity contribution in [3.05, 3.63) is 112 Å². The molecule has 364 valence electrons. The summed E-state index contributed by atoms with van der Waals surface area (Å²) in [4.78, 5) is 32.5. The summed E-state index contributed by atoms with van der Waals surface area (Å²) in [6, 6.07) is 17.7. The lowest BCUT2D eigenvalue weighted by Gasteiger charge is -2.60. The van der Waals surface area contributed by atoms with Crippen molar-refractivity contribution in [2.24, 2.45) is 0 Å². The van der Waals surface area contributed by atoms with Gasteiger partial charge in [-0.2, -0.15) is 17.0 Å². The molecule has 5 aliphatic rings. The minimum Gasteiger partial charge on any atom is -0.493 e. The number of methoxy groups -OCH3 is 2. The highest BCUT2D eigenvalue weighted by Gasteiger charge is 2.57. The van der Waals surface area contributed by atoms with E-state index in [1.165, 1.54) is 34.0 Å². The number of benzene rings is 4. The number of amides is 1. The fourth-order valence-electron chi connectivity index (χ4n) is 11.1. The van der Waals surface area contributed by atoms with E-state index in [0.717, 1.165) is 27.8 Å². The second-order valence-electron chi connectivity index (χ2n) is 17.7. The molecule has 0 spiro atoms. The first-order chi connectivity index (χ1) is 33.3. The zero-order chi connectivity index (χ0) is 48.7. The van der Waals surface area contributed by atoms with Crippen molar-refractivity contribution in [2.75, 3.05) is 66.2 Å². The molecule has 9 rings (SSSR count). The Kier molecular flexibility index (Phi) is 14.4. The second kappa shape index (κ2) is 20.4. The number of nitrogens with one attached hydrogen (secondary N) is 1. The number of piperazine rings is 1. The van der Waals surface area contributed by atoms with Gasteiger partial charge in [0.2, 0.25) is 10.6 Å². The normalized spacial score (nSPS) is 21.3. The van der Waals surface area contributed by atoms with E-state index in [0.29, 0.717) is 52.9 Å². The van der Waals surface area contributed by atoms with Crippen molar-refractivity contribution in [2.45, 2.75) is 72.7 Å². The first-order valence-corrected chi connectivity index (χ1v) is 24.9. The number of carbonyl (C=O) groups is 2. The van der Waals surface area contributed by atoms with Crippen molar-refractivity contribution < 1.29 is 47.5 Å². The fraction of sp³-hybridized carbons (Fsp3) is 0.431. The number of esters is 1.